The lowest BCUT2D eigenvalue weighted by atomic mass is 10.1. The highest BCUT2D eigenvalue weighted by Crippen LogP contribution is 2.21. The van der Waals surface area contributed by atoms with Gasteiger partial charge in [-0.3, -0.25) is 10.4 Å². The fraction of sp³-hybridized carbons (Fsp3) is 0.391. The molecule has 2 heterocycles. The lowest BCUT2D eigenvalue weighted by Gasteiger charge is -2.21. The molecule has 0 amide bonds. The smallest absolute Gasteiger partial charge is 0.213 e. The van der Waals surface area contributed by atoms with Crippen molar-refractivity contribution in [3.05, 3.63) is 59.3 Å². The lowest BCUT2D eigenvalue weighted by Crippen LogP contribution is -2.37. The predicted octanol–water partition coefficient (Wildman–Crippen LogP) is 3.85. The van der Waals surface area contributed by atoms with Crippen LogP contribution in [-0.2, 0) is 6.42 Å². The lowest BCUT2D eigenvalue weighted by molar-refractivity contribution is 0.288. The number of hydrogen-bond donors (Lipinski definition) is 3. The van der Waals surface area contributed by atoms with Crippen molar-refractivity contribution in [3.63, 3.8) is 0 Å². The second-order valence-corrected chi connectivity index (χ2v) is 8.49. The molecule has 0 spiro atoms. The summed E-state index contributed by atoms with van der Waals surface area (Å²) in [6.45, 7) is 7.11. The van der Waals surface area contributed by atoms with E-state index in [4.69, 9.17) is 4.74 Å². The number of fused-ring (bicyclic) bond motifs is 1. The Kier molecular flexibility index (Phi) is 9.69. The van der Waals surface area contributed by atoms with Gasteiger partial charge in [-0.05, 0) is 58.4 Å². The van der Waals surface area contributed by atoms with Crippen molar-refractivity contribution in [2.75, 3.05) is 44.9 Å². The van der Waals surface area contributed by atoms with Gasteiger partial charge in [-0.25, -0.2) is 19.0 Å². The number of hydrogen-bond acceptors (Lipinski definition) is 7. The van der Waals surface area contributed by atoms with Gasteiger partial charge < -0.3 is 15.0 Å². The van der Waals surface area contributed by atoms with Crippen molar-refractivity contribution >= 4 is 25.5 Å². The SMILES string of the molecule is CCN(CCNNPCNc1ccc(F)cc1C)CCc1c(F)cnc2ccc(OC)nc12. The zero-order chi connectivity index (χ0) is 23.6. The minimum Gasteiger partial charge on any atom is -0.481 e. The summed E-state index contributed by atoms with van der Waals surface area (Å²) in [5.74, 6) is -0.121. The Morgan fingerprint density at radius 2 is 2.00 bits per heavy atom. The summed E-state index contributed by atoms with van der Waals surface area (Å²) >= 11 is 0. The number of aromatic nitrogens is 2. The molecule has 0 saturated carbocycles. The minimum absolute atomic E-state index is 0.225. The van der Waals surface area contributed by atoms with Crippen LogP contribution in [0.4, 0.5) is 14.5 Å². The van der Waals surface area contributed by atoms with Gasteiger partial charge in [-0.15, -0.1) is 0 Å². The van der Waals surface area contributed by atoms with Crippen molar-refractivity contribution < 1.29 is 13.5 Å². The van der Waals surface area contributed by atoms with Crippen LogP contribution in [0.15, 0.2) is 36.5 Å². The van der Waals surface area contributed by atoms with E-state index in [-0.39, 0.29) is 11.6 Å². The molecule has 1 aromatic carbocycles. The van der Waals surface area contributed by atoms with Crippen molar-refractivity contribution in [1.82, 2.24) is 25.5 Å². The number of nitrogens with one attached hydrogen (secondary N) is 3. The molecular weight excluding hydrogens is 445 g/mol. The Labute approximate surface area is 195 Å². The van der Waals surface area contributed by atoms with Gasteiger partial charge in [-0.1, -0.05) is 6.92 Å². The van der Waals surface area contributed by atoms with Crippen LogP contribution < -0.4 is 20.7 Å². The molecule has 0 bridgehead atoms. The van der Waals surface area contributed by atoms with Gasteiger partial charge in [-0.2, -0.15) is 0 Å². The van der Waals surface area contributed by atoms with Crippen LogP contribution in [0.25, 0.3) is 11.0 Å². The van der Waals surface area contributed by atoms with Gasteiger partial charge >= 0.3 is 0 Å². The molecular formula is C23H31F2N6OP. The maximum absolute atomic E-state index is 14.5. The number of aryl methyl sites for hydroxylation is 1. The summed E-state index contributed by atoms with van der Waals surface area (Å²) in [4.78, 5) is 10.8. The number of anilines is 1. The third kappa shape index (κ3) is 7.27. The Hall–Kier alpha value is -2.45. The first-order valence-corrected chi connectivity index (χ1v) is 12.1. The highest BCUT2D eigenvalue weighted by molar-refractivity contribution is 7.35. The molecule has 1 atom stereocenters. The molecule has 0 aliphatic carbocycles. The highest BCUT2D eigenvalue weighted by atomic mass is 31.1. The summed E-state index contributed by atoms with van der Waals surface area (Å²) in [7, 11) is 2.00. The molecule has 33 heavy (non-hydrogen) atoms. The van der Waals surface area contributed by atoms with Gasteiger partial charge in [0.2, 0.25) is 5.88 Å². The molecule has 0 aliphatic rings. The number of rotatable bonds is 13. The van der Waals surface area contributed by atoms with Gasteiger partial charge in [0.1, 0.15) is 11.6 Å². The number of hydrazine groups is 1. The number of methoxy groups -OCH3 is 1. The van der Waals surface area contributed by atoms with Crippen molar-refractivity contribution in [2.24, 2.45) is 0 Å². The summed E-state index contributed by atoms with van der Waals surface area (Å²) in [6.07, 6.45) is 2.53. The van der Waals surface area contributed by atoms with Gasteiger partial charge in [0.25, 0.3) is 0 Å². The number of likely N-dealkylation sites (N-methyl/N-ethyl adjacent to an activating group) is 1. The molecule has 0 aliphatic heterocycles. The number of halogens is 2. The first kappa shape index (κ1) is 25.2. The van der Waals surface area contributed by atoms with E-state index >= 15 is 0 Å². The largest absolute Gasteiger partial charge is 0.481 e. The van der Waals surface area contributed by atoms with E-state index in [2.05, 4.69) is 37.7 Å². The van der Waals surface area contributed by atoms with Crippen LogP contribution in [0.2, 0.25) is 0 Å². The van der Waals surface area contributed by atoms with Crippen LogP contribution >= 0.6 is 8.73 Å². The molecule has 178 valence electrons. The first-order valence-electron chi connectivity index (χ1n) is 10.9. The summed E-state index contributed by atoms with van der Waals surface area (Å²) in [6, 6.07) is 8.25. The first-order chi connectivity index (χ1) is 16.0. The maximum atomic E-state index is 14.5. The van der Waals surface area contributed by atoms with E-state index in [1.807, 2.05) is 6.92 Å². The monoisotopic (exact) mass is 476 g/mol. The van der Waals surface area contributed by atoms with E-state index in [1.54, 1.807) is 25.3 Å². The minimum atomic E-state index is -0.343. The van der Waals surface area contributed by atoms with Crippen molar-refractivity contribution in [1.29, 1.82) is 0 Å². The van der Waals surface area contributed by atoms with E-state index in [0.29, 0.717) is 44.2 Å². The molecule has 3 rings (SSSR count). The van der Waals surface area contributed by atoms with Crippen LogP contribution in [0, 0.1) is 18.6 Å². The Morgan fingerprint density at radius 1 is 1.15 bits per heavy atom. The molecule has 7 nitrogen and oxygen atoms in total. The molecule has 10 heteroatoms. The third-order valence-electron chi connectivity index (χ3n) is 5.36. The third-order valence-corrected chi connectivity index (χ3v) is 6.07. The fourth-order valence-electron chi connectivity index (χ4n) is 3.47. The predicted molar refractivity (Wildman–Crippen MR) is 131 cm³/mol. The molecule has 3 aromatic rings. The highest BCUT2D eigenvalue weighted by Gasteiger charge is 2.13. The summed E-state index contributed by atoms with van der Waals surface area (Å²) < 4.78 is 32.8. The van der Waals surface area contributed by atoms with Gasteiger partial charge in [0.05, 0.1) is 24.3 Å². The average molecular weight is 477 g/mol. The molecule has 1 unspecified atom stereocenters. The molecule has 0 fully saturated rings. The number of pyridine rings is 2. The zero-order valence-corrected chi connectivity index (χ0v) is 20.2. The molecule has 3 N–H and O–H groups in total. The Bertz CT molecular complexity index is 1050. The maximum Gasteiger partial charge on any atom is 0.213 e. The second kappa shape index (κ2) is 12.7. The van der Waals surface area contributed by atoms with Crippen LogP contribution in [0.5, 0.6) is 5.88 Å². The number of ether oxygens (including phenoxy) is 1. The topological polar surface area (TPSA) is 74.3 Å². The standard InChI is InChI=1S/C23H31F2N6OP/c1-4-31(12-10-28-30-33-15-27-20-6-5-17(24)13-16(20)2)11-9-18-19(25)14-26-21-7-8-22(32-3)29-23(18)21/h5-8,13-14,27-28,30,33H,4,9-12,15H2,1-3H3. The van der Waals surface area contributed by atoms with E-state index < -0.39 is 0 Å². The van der Waals surface area contributed by atoms with Gasteiger partial charge in [0.15, 0.2) is 0 Å². The fourth-order valence-corrected chi connectivity index (χ4v) is 4.09. The van der Waals surface area contributed by atoms with Crippen molar-refractivity contribution in [2.45, 2.75) is 20.3 Å². The van der Waals surface area contributed by atoms with Crippen LogP contribution in [0.3, 0.4) is 0 Å². The van der Waals surface area contributed by atoms with Crippen LogP contribution in [-0.4, -0.2) is 54.4 Å². The number of nitrogens with zero attached hydrogens (tertiary/aromatic N) is 3. The van der Waals surface area contributed by atoms with Crippen LogP contribution in [0.1, 0.15) is 18.1 Å². The van der Waals surface area contributed by atoms with E-state index in [1.165, 1.54) is 18.3 Å². The van der Waals surface area contributed by atoms with E-state index in [0.717, 1.165) is 37.2 Å². The summed E-state index contributed by atoms with van der Waals surface area (Å²) in [5, 5.41) is 6.50. The second-order valence-electron chi connectivity index (χ2n) is 7.53. The molecule has 2 aromatic heterocycles. The molecule has 0 saturated heterocycles. The normalized spacial score (nSPS) is 11.7. The zero-order valence-electron chi connectivity index (χ0n) is 19.2. The van der Waals surface area contributed by atoms with E-state index in [9.17, 15) is 8.78 Å². The Balaban J connectivity index is 1.41. The molecule has 0 radical (unpaired) electrons. The quantitative estimate of drug-likeness (QED) is 0.197. The van der Waals surface area contributed by atoms with Gasteiger partial charge in [0, 0.05) is 43.2 Å². The average Bonchev–Trinajstić information content (AvgIpc) is 2.82. The Morgan fingerprint density at radius 3 is 2.76 bits per heavy atom. The van der Waals surface area contributed by atoms with Crippen molar-refractivity contribution in [3.8, 4) is 5.88 Å². The number of benzene rings is 1. The summed E-state index contributed by atoms with van der Waals surface area (Å²) in [5.41, 5.74) is 6.82.